The van der Waals surface area contributed by atoms with Gasteiger partial charge in [0.25, 0.3) is 11.8 Å². The first kappa shape index (κ1) is 23.9. The first-order valence-electron chi connectivity index (χ1n) is 9.24. The number of nitrogens with zero attached hydrogens (tertiary/aromatic N) is 1. The minimum absolute atomic E-state index is 0.154. The SMILES string of the molecule is CCOc1ccccc1C(=O)NCC(=O)OCC(=O)N(C)CC(=O)NC(C)(C)C. The van der Waals surface area contributed by atoms with Crippen LogP contribution in [0.3, 0.4) is 0 Å². The van der Waals surface area contributed by atoms with E-state index in [1.165, 1.54) is 7.05 Å². The fourth-order valence-electron chi connectivity index (χ4n) is 2.25. The second kappa shape index (κ2) is 11.0. The minimum atomic E-state index is -0.770. The largest absolute Gasteiger partial charge is 0.493 e. The molecule has 0 saturated carbocycles. The minimum Gasteiger partial charge on any atom is -0.493 e. The molecule has 9 heteroatoms. The van der Waals surface area contributed by atoms with E-state index in [1.54, 1.807) is 31.2 Å². The van der Waals surface area contributed by atoms with Crippen LogP contribution >= 0.6 is 0 Å². The smallest absolute Gasteiger partial charge is 0.325 e. The van der Waals surface area contributed by atoms with Crippen LogP contribution < -0.4 is 15.4 Å². The van der Waals surface area contributed by atoms with Gasteiger partial charge in [0.1, 0.15) is 12.3 Å². The summed E-state index contributed by atoms with van der Waals surface area (Å²) in [6.45, 7) is 6.60. The zero-order valence-electron chi connectivity index (χ0n) is 17.5. The molecular formula is C20H29N3O6. The van der Waals surface area contributed by atoms with Crippen LogP contribution in [0.2, 0.25) is 0 Å². The third kappa shape index (κ3) is 9.09. The van der Waals surface area contributed by atoms with Gasteiger partial charge in [0.2, 0.25) is 5.91 Å². The predicted octanol–water partition coefficient (Wildman–Crippen LogP) is 0.731. The summed E-state index contributed by atoms with van der Waals surface area (Å²) < 4.78 is 10.2. The lowest BCUT2D eigenvalue weighted by atomic mass is 10.1. The standard InChI is InChI=1S/C20H29N3O6/c1-6-28-15-10-8-7-9-14(15)19(27)21-11-18(26)29-13-17(25)23(5)12-16(24)22-20(2,3)4/h7-10H,6,11-13H2,1-5H3,(H,21,27)(H,22,24). The van der Waals surface area contributed by atoms with Crippen molar-refractivity contribution in [2.75, 3.05) is 33.4 Å². The summed E-state index contributed by atoms with van der Waals surface area (Å²) in [6, 6.07) is 6.65. The summed E-state index contributed by atoms with van der Waals surface area (Å²) >= 11 is 0. The first-order chi connectivity index (χ1) is 13.5. The lowest BCUT2D eigenvalue weighted by Crippen LogP contribution is -2.47. The summed E-state index contributed by atoms with van der Waals surface area (Å²) in [4.78, 5) is 49.0. The number of carbonyl (C=O) groups is 4. The van der Waals surface area contributed by atoms with Crippen molar-refractivity contribution in [2.24, 2.45) is 0 Å². The molecule has 2 N–H and O–H groups in total. The Morgan fingerprint density at radius 2 is 1.76 bits per heavy atom. The highest BCUT2D eigenvalue weighted by Gasteiger charge is 2.19. The second-order valence-electron chi connectivity index (χ2n) is 7.32. The molecule has 0 atom stereocenters. The van der Waals surface area contributed by atoms with Gasteiger partial charge >= 0.3 is 5.97 Å². The van der Waals surface area contributed by atoms with Crippen molar-refractivity contribution in [3.63, 3.8) is 0 Å². The third-order valence-corrected chi connectivity index (χ3v) is 3.50. The van der Waals surface area contributed by atoms with Crippen molar-refractivity contribution >= 4 is 23.7 Å². The van der Waals surface area contributed by atoms with Gasteiger partial charge in [-0.25, -0.2) is 0 Å². The number of amides is 3. The number of esters is 1. The second-order valence-corrected chi connectivity index (χ2v) is 7.32. The Labute approximate surface area is 170 Å². The lowest BCUT2D eigenvalue weighted by Gasteiger charge is -2.23. The van der Waals surface area contributed by atoms with Crippen molar-refractivity contribution in [3.8, 4) is 5.75 Å². The van der Waals surface area contributed by atoms with Crippen LogP contribution in [-0.2, 0) is 19.1 Å². The van der Waals surface area contributed by atoms with Gasteiger partial charge in [0, 0.05) is 12.6 Å². The van der Waals surface area contributed by atoms with Crippen molar-refractivity contribution in [1.29, 1.82) is 0 Å². The third-order valence-electron chi connectivity index (χ3n) is 3.50. The van der Waals surface area contributed by atoms with Gasteiger partial charge in [0.05, 0.1) is 18.7 Å². The zero-order valence-corrected chi connectivity index (χ0v) is 17.5. The number of para-hydroxylation sites is 1. The zero-order chi connectivity index (χ0) is 22.0. The van der Waals surface area contributed by atoms with E-state index in [4.69, 9.17) is 9.47 Å². The summed E-state index contributed by atoms with van der Waals surface area (Å²) in [5.41, 5.74) is -0.116. The number of hydrogen-bond donors (Lipinski definition) is 2. The Bertz CT molecular complexity index is 742. The Hall–Kier alpha value is -3.10. The Kier molecular flexibility index (Phi) is 9.11. The number of likely N-dealkylation sites (N-methyl/N-ethyl adjacent to an activating group) is 1. The van der Waals surface area contributed by atoms with Crippen LogP contribution in [0.5, 0.6) is 5.75 Å². The summed E-state index contributed by atoms with van der Waals surface area (Å²) in [6.07, 6.45) is 0. The molecule has 160 valence electrons. The van der Waals surface area contributed by atoms with Crippen LogP contribution in [0.15, 0.2) is 24.3 Å². The van der Waals surface area contributed by atoms with Gasteiger partial charge in [-0.3, -0.25) is 19.2 Å². The fourth-order valence-corrected chi connectivity index (χ4v) is 2.25. The van der Waals surface area contributed by atoms with E-state index in [9.17, 15) is 19.2 Å². The monoisotopic (exact) mass is 407 g/mol. The van der Waals surface area contributed by atoms with E-state index < -0.39 is 36.5 Å². The van der Waals surface area contributed by atoms with Gasteiger partial charge in [-0.2, -0.15) is 0 Å². The average molecular weight is 407 g/mol. The van der Waals surface area contributed by atoms with Crippen molar-refractivity contribution in [1.82, 2.24) is 15.5 Å². The highest BCUT2D eigenvalue weighted by molar-refractivity contribution is 5.98. The average Bonchev–Trinajstić information content (AvgIpc) is 2.63. The Morgan fingerprint density at radius 1 is 1.10 bits per heavy atom. The van der Waals surface area contributed by atoms with E-state index in [2.05, 4.69) is 10.6 Å². The van der Waals surface area contributed by atoms with E-state index >= 15 is 0 Å². The molecule has 0 spiro atoms. The molecule has 0 aliphatic heterocycles. The lowest BCUT2D eigenvalue weighted by molar-refractivity contribution is -0.151. The van der Waals surface area contributed by atoms with Gasteiger partial charge < -0.3 is 25.0 Å². The van der Waals surface area contributed by atoms with Crippen molar-refractivity contribution < 1.29 is 28.7 Å². The van der Waals surface area contributed by atoms with E-state index in [1.807, 2.05) is 20.8 Å². The summed E-state index contributed by atoms with van der Waals surface area (Å²) in [7, 11) is 1.44. The van der Waals surface area contributed by atoms with Gasteiger partial charge in [-0.15, -0.1) is 0 Å². The molecule has 0 radical (unpaired) electrons. The molecular weight excluding hydrogens is 378 g/mol. The summed E-state index contributed by atoms with van der Waals surface area (Å²) in [5.74, 6) is -1.71. The molecule has 0 aliphatic rings. The molecule has 1 aromatic rings. The number of hydrogen-bond acceptors (Lipinski definition) is 6. The normalized spacial score (nSPS) is 10.7. The molecule has 0 bridgehead atoms. The molecule has 0 saturated heterocycles. The van der Waals surface area contributed by atoms with E-state index in [0.717, 1.165) is 4.90 Å². The number of benzene rings is 1. The highest BCUT2D eigenvalue weighted by Crippen LogP contribution is 2.17. The van der Waals surface area contributed by atoms with E-state index in [0.29, 0.717) is 17.9 Å². The van der Waals surface area contributed by atoms with Crippen LogP contribution in [0, 0.1) is 0 Å². The highest BCUT2D eigenvalue weighted by atomic mass is 16.5. The van der Waals surface area contributed by atoms with Gasteiger partial charge in [-0.1, -0.05) is 12.1 Å². The van der Waals surface area contributed by atoms with Crippen LogP contribution in [-0.4, -0.2) is 67.5 Å². The maximum absolute atomic E-state index is 12.2. The molecule has 29 heavy (non-hydrogen) atoms. The van der Waals surface area contributed by atoms with Crippen LogP contribution in [0.1, 0.15) is 38.1 Å². The molecule has 0 unspecified atom stereocenters. The number of ether oxygens (including phenoxy) is 2. The van der Waals surface area contributed by atoms with Gasteiger partial charge in [0.15, 0.2) is 6.61 Å². The predicted molar refractivity (Wildman–Crippen MR) is 106 cm³/mol. The molecule has 9 nitrogen and oxygen atoms in total. The van der Waals surface area contributed by atoms with Crippen molar-refractivity contribution in [3.05, 3.63) is 29.8 Å². The van der Waals surface area contributed by atoms with Crippen LogP contribution in [0.25, 0.3) is 0 Å². The van der Waals surface area contributed by atoms with Crippen molar-refractivity contribution in [2.45, 2.75) is 33.2 Å². The maximum atomic E-state index is 12.2. The number of rotatable bonds is 9. The number of nitrogens with one attached hydrogen (secondary N) is 2. The molecule has 3 amide bonds. The number of carbonyl (C=O) groups excluding carboxylic acids is 4. The first-order valence-corrected chi connectivity index (χ1v) is 9.24. The molecule has 0 fully saturated rings. The maximum Gasteiger partial charge on any atom is 0.325 e. The van der Waals surface area contributed by atoms with E-state index in [-0.39, 0.29) is 12.5 Å². The Balaban J connectivity index is 2.42. The topological polar surface area (TPSA) is 114 Å². The fraction of sp³-hybridized carbons (Fsp3) is 0.500. The molecule has 1 rings (SSSR count). The molecule has 0 heterocycles. The van der Waals surface area contributed by atoms with Crippen LogP contribution in [0.4, 0.5) is 0 Å². The molecule has 0 aliphatic carbocycles. The molecule has 1 aromatic carbocycles. The quantitative estimate of drug-likeness (QED) is 0.584. The van der Waals surface area contributed by atoms with Gasteiger partial charge in [-0.05, 0) is 39.8 Å². The Morgan fingerprint density at radius 3 is 2.38 bits per heavy atom. The summed E-state index contributed by atoms with van der Waals surface area (Å²) in [5, 5.41) is 5.16. The molecule has 0 aromatic heterocycles.